The lowest BCUT2D eigenvalue weighted by Gasteiger charge is -2.27. The SMILES string of the molecule is CCOc1cccc(CNC(=O)CC(C)C2CCNCC2)c1OC(F)F.Cl. The number of halogens is 3. The molecule has 1 aliphatic rings. The Morgan fingerprint density at radius 3 is 2.67 bits per heavy atom. The molecule has 154 valence electrons. The molecule has 1 aliphatic heterocycles. The van der Waals surface area contributed by atoms with E-state index in [0.717, 1.165) is 25.9 Å². The minimum absolute atomic E-state index is 0. The molecule has 1 amide bonds. The third-order valence-electron chi connectivity index (χ3n) is 4.74. The Balaban J connectivity index is 0.00000364. The van der Waals surface area contributed by atoms with Gasteiger partial charge in [-0.2, -0.15) is 8.78 Å². The van der Waals surface area contributed by atoms with E-state index in [1.165, 1.54) is 0 Å². The maximum atomic E-state index is 12.7. The lowest BCUT2D eigenvalue weighted by molar-refractivity contribution is -0.122. The first-order valence-electron chi connectivity index (χ1n) is 9.18. The average Bonchev–Trinajstić information content (AvgIpc) is 2.62. The number of benzene rings is 1. The maximum Gasteiger partial charge on any atom is 0.387 e. The standard InChI is InChI=1S/C19H28F2N2O3.ClH/c1-3-25-16-6-4-5-15(18(16)26-19(20)21)12-23-17(24)11-13(2)14-7-9-22-10-8-14;/h4-6,13-14,19,22H,3,7-12H2,1-2H3,(H,23,24);1H. The van der Waals surface area contributed by atoms with Gasteiger partial charge in [0.15, 0.2) is 11.5 Å². The first kappa shape index (κ1) is 23.4. The maximum absolute atomic E-state index is 12.7. The third-order valence-corrected chi connectivity index (χ3v) is 4.74. The van der Waals surface area contributed by atoms with Crippen LogP contribution in [-0.2, 0) is 11.3 Å². The molecular formula is C19H29ClF2N2O3. The number of carbonyl (C=O) groups is 1. The second kappa shape index (κ2) is 12.0. The van der Waals surface area contributed by atoms with Crippen molar-refractivity contribution in [3.8, 4) is 11.5 Å². The Morgan fingerprint density at radius 1 is 1.33 bits per heavy atom. The van der Waals surface area contributed by atoms with Gasteiger partial charge in [0.25, 0.3) is 0 Å². The number of nitrogens with one attached hydrogen (secondary N) is 2. The van der Waals surface area contributed by atoms with Crippen LogP contribution in [-0.4, -0.2) is 32.2 Å². The number of para-hydroxylation sites is 1. The van der Waals surface area contributed by atoms with E-state index in [-0.39, 0.29) is 36.4 Å². The topological polar surface area (TPSA) is 59.6 Å². The first-order chi connectivity index (χ1) is 12.5. The van der Waals surface area contributed by atoms with Crippen LogP contribution in [0.4, 0.5) is 8.78 Å². The summed E-state index contributed by atoms with van der Waals surface area (Å²) in [5.74, 6) is 0.990. The van der Waals surface area contributed by atoms with Gasteiger partial charge in [-0.15, -0.1) is 12.4 Å². The van der Waals surface area contributed by atoms with Gasteiger partial charge in [0, 0.05) is 18.5 Å². The van der Waals surface area contributed by atoms with Gasteiger partial charge in [-0.1, -0.05) is 19.1 Å². The predicted molar refractivity (Wildman–Crippen MR) is 103 cm³/mol. The highest BCUT2D eigenvalue weighted by Gasteiger charge is 2.22. The van der Waals surface area contributed by atoms with Crippen molar-refractivity contribution in [1.82, 2.24) is 10.6 Å². The van der Waals surface area contributed by atoms with E-state index in [2.05, 4.69) is 22.3 Å². The highest BCUT2D eigenvalue weighted by atomic mass is 35.5. The van der Waals surface area contributed by atoms with Crippen LogP contribution in [0.25, 0.3) is 0 Å². The molecule has 1 saturated heterocycles. The normalized spacial score (nSPS) is 15.7. The molecule has 2 rings (SSSR count). The summed E-state index contributed by atoms with van der Waals surface area (Å²) < 4.78 is 35.4. The largest absolute Gasteiger partial charge is 0.490 e. The molecule has 1 unspecified atom stereocenters. The van der Waals surface area contributed by atoms with Crippen LogP contribution in [0.2, 0.25) is 0 Å². The van der Waals surface area contributed by atoms with Gasteiger partial charge >= 0.3 is 6.61 Å². The number of amides is 1. The zero-order valence-corrected chi connectivity index (χ0v) is 16.6. The fraction of sp³-hybridized carbons (Fsp3) is 0.632. The molecule has 27 heavy (non-hydrogen) atoms. The molecule has 0 aliphatic carbocycles. The summed E-state index contributed by atoms with van der Waals surface area (Å²) >= 11 is 0. The van der Waals surface area contributed by atoms with Gasteiger partial charge in [0.1, 0.15) is 0 Å². The van der Waals surface area contributed by atoms with Crippen LogP contribution in [0.3, 0.4) is 0 Å². The van der Waals surface area contributed by atoms with Crippen molar-refractivity contribution in [1.29, 1.82) is 0 Å². The van der Waals surface area contributed by atoms with Crippen molar-refractivity contribution in [2.45, 2.75) is 46.3 Å². The molecule has 1 fully saturated rings. The zero-order chi connectivity index (χ0) is 18.9. The fourth-order valence-electron chi connectivity index (χ4n) is 3.33. The molecule has 0 saturated carbocycles. The number of hydrogen-bond donors (Lipinski definition) is 2. The number of alkyl halides is 2. The third kappa shape index (κ3) is 7.50. The molecule has 1 aromatic carbocycles. The summed E-state index contributed by atoms with van der Waals surface area (Å²) in [5.41, 5.74) is 0.471. The summed E-state index contributed by atoms with van der Waals surface area (Å²) in [6.07, 6.45) is 2.59. The number of carbonyl (C=O) groups excluding carboxylic acids is 1. The van der Waals surface area contributed by atoms with Gasteiger partial charge in [-0.05, 0) is 50.8 Å². The Labute approximate surface area is 165 Å². The molecule has 8 heteroatoms. The van der Waals surface area contributed by atoms with Crippen LogP contribution in [0.5, 0.6) is 11.5 Å². The Bertz CT molecular complexity index is 584. The minimum Gasteiger partial charge on any atom is -0.490 e. The summed E-state index contributed by atoms with van der Waals surface area (Å²) in [7, 11) is 0. The molecule has 0 aromatic heterocycles. The summed E-state index contributed by atoms with van der Waals surface area (Å²) in [4.78, 5) is 12.3. The van der Waals surface area contributed by atoms with Gasteiger partial charge in [-0.3, -0.25) is 4.79 Å². The monoisotopic (exact) mass is 406 g/mol. The van der Waals surface area contributed by atoms with E-state index in [1.54, 1.807) is 25.1 Å². The minimum atomic E-state index is -2.95. The number of piperidine rings is 1. The summed E-state index contributed by atoms with van der Waals surface area (Å²) in [6, 6.07) is 4.92. The van der Waals surface area contributed by atoms with Gasteiger partial charge in [0.2, 0.25) is 5.91 Å². The van der Waals surface area contributed by atoms with Gasteiger partial charge in [0.05, 0.1) is 6.61 Å². The highest BCUT2D eigenvalue weighted by molar-refractivity contribution is 5.85. The zero-order valence-electron chi connectivity index (χ0n) is 15.8. The van der Waals surface area contributed by atoms with Crippen molar-refractivity contribution in [3.63, 3.8) is 0 Å². The number of ether oxygens (including phenoxy) is 2. The molecule has 1 heterocycles. The molecule has 0 radical (unpaired) electrons. The number of rotatable bonds is 9. The second-order valence-electron chi connectivity index (χ2n) is 6.60. The summed E-state index contributed by atoms with van der Waals surface area (Å²) in [6.45, 7) is 3.36. The van der Waals surface area contributed by atoms with E-state index < -0.39 is 6.61 Å². The average molecular weight is 407 g/mol. The smallest absolute Gasteiger partial charge is 0.387 e. The van der Waals surface area contributed by atoms with Gasteiger partial charge < -0.3 is 20.1 Å². The van der Waals surface area contributed by atoms with Crippen LogP contribution < -0.4 is 20.1 Å². The van der Waals surface area contributed by atoms with E-state index >= 15 is 0 Å². The van der Waals surface area contributed by atoms with E-state index in [4.69, 9.17) is 4.74 Å². The highest BCUT2D eigenvalue weighted by Crippen LogP contribution is 2.33. The Kier molecular flexibility index (Phi) is 10.4. The van der Waals surface area contributed by atoms with Gasteiger partial charge in [-0.25, -0.2) is 0 Å². The van der Waals surface area contributed by atoms with Crippen LogP contribution in [0, 0.1) is 11.8 Å². The number of hydrogen-bond acceptors (Lipinski definition) is 4. The van der Waals surface area contributed by atoms with E-state index in [0.29, 0.717) is 30.4 Å². The predicted octanol–water partition coefficient (Wildman–Crippen LogP) is 3.75. The second-order valence-corrected chi connectivity index (χ2v) is 6.60. The Morgan fingerprint density at radius 2 is 2.04 bits per heavy atom. The van der Waals surface area contributed by atoms with Crippen LogP contribution in [0.1, 0.15) is 38.7 Å². The van der Waals surface area contributed by atoms with Crippen LogP contribution in [0.15, 0.2) is 18.2 Å². The quantitative estimate of drug-likeness (QED) is 0.655. The molecule has 1 atom stereocenters. The lowest BCUT2D eigenvalue weighted by Crippen LogP contribution is -2.33. The molecule has 0 spiro atoms. The molecule has 1 aromatic rings. The summed E-state index contributed by atoms with van der Waals surface area (Å²) in [5, 5.41) is 6.14. The molecule has 5 nitrogen and oxygen atoms in total. The van der Waals surface area contributed by atoms with Crippen molar-refractivity contribution in [2.24, 2.45) is 11.8 Å². The van der Waals surface area contributed by atoms with E-state index in [9.17, 15) is 13.6 Å². The van der Waals surface area contributed by atoms with Crippen molar-refractivity contribution >= 4 is 18.3 Å². The van der Waals surface area contributed by atoms with Crippen molar-refractivity contribution in [2.75, 3.05) is 19.7 Å². The Hall–Kier alpha value is -1.60. The molecule has 2 N–H and O–H groups in total. The lowest BCUT2D eigenvalue weighted by atomic mass is 9.84. The first-order valence-corrected chi connectivity index (χ1v) is 9.18. The molecule has 0 bridgehead atoms. The fourth-order valence-corrected chi connectivity index (χ4v) is 3.33. The van der Waals surface area contributed by atoms with E-state index in [1.807, 2.05) is 0 Å². The van der Waals surface area contributed by atoms with Crippen LogP contribution >= 0.6 is 12.4 Å². The molecular weight excluding hydrogens is 378 g/mol. The van der Waals surface area contributed by atoms with Crippen molar-refractivity contribution in [3.05, 3.63) is 23.8 Å². The van der Waals surface area contributed by atoms with Crippen molar-refractivity contribution < 1.29 is 23.0 Å².